The molecular formula is C44H31NO. The second-order valence-corrected chi connectivity index (χ2v) is 12.2. The van der Waals surface area contributed by atoms with Gasteiger partial charge in [0.1, 0.15) is 11.2 Å². The molecule has 9 rings (SSSR count). The molecule has 0 bridgehead atoms. The molecule has 1 aliphatic carbocycles. The number of hydrogen-bond acceptors (Lipinski definition) is 2. The molecule has 0 amide bonds. The maximum absolute atomic E-state index is 6.27. The van der Waals surface area contributed by atoms with Crippen LogP contribution in [0.5, 0.6) is 0 Å². The van der Waals surface area contributed by atoms with Crippen molar-refractivity contribution in [2.45, 2.75) is 12.3 Å². The SMILES string of the molecule is CC1(c2ccccc2)c2ccccc2-c2c(N(c3ccc4oc5ccccc5c4c3)c3ccccc3-c3ccccc3)cccc21. The van der Waals surface area contributed by atoms with Crippen LogP contribution in [0.1, 0.15) is 23.6 Å². The fraction of sp³-hybridized carbons (Fsp3) is 0.0455. The Morgan fingerprint density at radius 2 is 1.11 bits per heavy atom. The second-order valence-electron chi connectivity index (χ2n) is 12.2. The first-order chi connectivity index (χ1) is 22.7. The van der Waals surface area contributed by atoms with Gasteiger partial charge in [-0.05, 0) is 71.1 Å². The van der Waals surface area contributed by atoms with Gasteiger partial charge in [0.25, 0.3) is 0 Å². The number of anilines is 3. The van der Waals surface area contributed by atoms with Crippen LogP contribution in [-0.2, 0) is 5.41 Å². The Hall–Kier alpha value is -5.86. The molecule has 0 saturated carbocycles. The van der Waals surface area contributed by atoms with Gasteiger partial charge in [0, 0.05) is 33.0 Å². The molecule has 0 fully saturated rings. The lowest BCUT2D eigenvalue weighted by molar-refractivity contribution is 0.669. The van der Waals surface area contributed by atoms with E-state index in [0.717, 1.165) is 39.0 Å². The summed E-state index contributed by atoms with van der Waals surface area (Å²) < 4.78 is 6.27. The fourth-order valence-corrected chi connectivity index (χ4v) is 7.58. The van der Waals surface area contributed by atoms with Crippen LogP contribution in [0.15, 0.2) is 174 Å². The quantitative estimate of drug-likeness (QED) is 0.199. The number of nitrogens with zero attached hydrogens (tertiary/aromatic N) is 1. The molecule has 2 nitrogen and oxygen atoms in total. The van der Waals surface area contributed by atoms with Crippen LogP contribution in [0.2, 0.25) is 0 Å². The van der Waals surface area contributed by atoms with Crippen molar-refractivity contribution in [3.63, 3.8) is 0 Å². The summed E-state index contributed by atoms with van der Waals surface area (Å²) in [4.78, 5) is 2.45. The highest BCUT2D eigenvalue weighted by Gasteiger charge is 2.42. The molecule has 46 heavy (non-hydrogen) atoms. The number of furan rings is 1. The van der Waals surface area contributed by atoms with Crippen molar-refractivity contribution in [2.24, 2.45) is 0 Å². The summed E-state index contributed by atoms with van der Waals surface area (Å²) in [7, 11) is 0. The molecule has 0 saturated heterocycles. The van der Waals surface area contributed by atoms with E-state index >= 15 is 0 Å². The predicted octanol–water partition coefficient (Wildman–Crippen LogP) is 12.1. The molecule has 7 aromatic carbocycles. The first-order valence-electron chi connectivity index (χ1n) is 15.9. The number of fused-ring (bicyclic) bond motifs is 6. The van der Waals surface area contributed by atoms with E-state index in [9.17, 15) is 0 Å². The molecule has 218 valence electrons. The highest BCUT2D eigenvalue weighted by atomic mass is 16.3. The maximum Gasteiger partial charge on any atom is 0.135 e. The predicted molar refractivity (Wildman–Crippen MR) is 191 cm³/mol. The van der Waals surface area contributed by atoms with Gasteiger partial charge in [-0.25, -0.2) is 0 Å². The summed E-state index contributed by atoms with van der Waals surface area (Å²) in [5.74, 6) is 0. The van der Waals surface area contributed by atoms with Crippen LogP contribution in [-0.4, -0.2) is 0 Å². The fourth-order valence-electron chi connectivity index (χ4n) is 7.58. The van der Waals surface area contributed by atoms with Crippen LogP contribution in [0.4, 0.5) is 17.1 Å². The van der Waals surface area contributed by atoms with Gasteiger partial charge in [0.15, 0.2) is 0 Å². The summed E-state index contributed by atoms with van der Waals surface area (Å²) in [6.07, 6.45) is 0. The van der Waals surface area contributed by atoms with Gasteiger partial charge < -0.3 is 9.32 Å². The van der Waals surface area contributed by atoms with Crippen molar-refractivity contribution < 1.29 is 4.42 Å². The summed E-state index contributed by atoms with van der Waals surface area (Å²) in [5, 5.41) is 2.23. The molecular weight excluding hydrogens is 558 g/mol. The van der Waals surface area contributed by atoms with Gasteiger partial charge >= 0.3 is 0 Å². The number of para-hydroxylation sites is 2. The zero-order valence-corrected chi connectivity index (χ0v) is 25.5. The lowest BCUT2D eigenvalue weighted by atomic mass is 9.74. The third kappa shape index (κ3) is 3.90. The zero-order chi connectivity index (χ0) is 30.7. The lowest BCUT2D eigenvalue weighted by Gasteiger charge is -2.31. The largest absolute Gasteiger partial charge is 0.456 e. The minimum Gasteiger partial charge on any atom is -0.456 e. The number of benzene rings is 7. The first kappa shape index (κ1) is 26.5. The molecule has 0 spiro atoms. The molecule has 2 heteroatoms. The van der Waals surface area contributed by atoms with E-state index < -0.39 is 0 Å². The Labute approximate surface area is 268 Å². The third-order valence-corrected chi connectivity index (χ3v) is 9.76. The van der Waals surface area contributed by atoms with Crippen molar-refractivity contribution in [3.8, 4) is 22.3 Å². The minimum atomic E-state index is -0.293. The Kier molecular flexibility index (Phi) is 5.97. The number of hydrogen-bond donors (Lipinski definition) is 0. The van der Waals surface area contributed by atoms with Crippen LogP contribution in [0.25, 0.3) is 44.2 Å². The Bertz CT molecular complexity index is 2390. The van der Waals surface area contributed by atoms with E-state index in [2.05, 4.69) is 170 Å². The van der Waals surface area contributed by atoms with Gasteiger partial charge in [-0.2, -0.15) is 0 Å². The summed E-state index contributed by atoms with van der Waals surface area (Å²) in [6, 6.07) is 61.1. The molecule has 1 aliphatic rings. The third-order valence-electron chi connectivity index (χ3n) is 9.76. The first-order valence-corrected chi connectivity index (χ1v) is 15.9. The van der Waals surface area contributed by atoms with E-state index in [1.54, 1.807) is 0 Å². The molecule has 1 heterocycles. The Balaban J connectivity index is 1.36. The minimum absolute atomic E-state index is 0.293. The Morgan fingerprint density at radius 3 is 1.96 bits per heavy atom. The average Bonchev–Trinajstić information content (AvgIpc) is 3.63. The topological polar surface area (TPSA) is 16.4 Å². The monoisotopic (exact) mass is 589 g/mol. The van der Waals surface area contributed by atoms with Crippen molar-refractivity contribution in [1.29, 1.82) is 0 Å². The van der Waals surface area contributed by atoms with Gasteiger partial charge in [-0.1, -0.05) is 133 Å². The van der Waals surface area contributed by atoms with Gasteiger partial charge in [-0.15, -0.1) is 0 Å². The molecule has 1 unspecified atom stereocenters. The molecule has 1 aromatic heterocycles. The standard InChI is InChI=1S/C44H31NO/c1-44(31-17-6-3-7-18-31)37-22-11-8-21-35(37)43-38(44)23-14-25-40(43)45(39-24-12-9-19-33(39)30-15-4-2-5-16-30)32-27-28-42-36(29-32)34-20-10-13-26-41(34)46-42/h2-29H,1H3. The van der Waals surface area contributed by atoms with Crippen LogP contribution in [0.3, 0.4) is 0 Å². The van der Waals surface area contributed by atoms with E-state index in [1.165, 1.54) is 38.9 Å². The molecule has 0 aliphatic heterocycles. The van der Waals surface area contributed by atoms with Gasteiger partial charge in [0.05, 0.1) is 11.4 Å². The average molecular weight is 590 g/mol. The Morgan fingerprint density at radius 1 is 0.478 bits per heavy atom. The maximum atomic E-state index is 6.27. The van der Waals surface area contributed by atoms with E-state index in [-0.39, 0.29) is 5.41 Å². The van der Waals surface area contributed by atoms with Crippen LogP contribution in [0, 0.1) is 0 Å². The summed E-state index contributed by atoms with van der Waals surface area (Å²) >= 11 is 0. The highest BCUT2D eigenvalue weighted by Crippen LogP contribution is 2.57. The van der Waals surface area contributed by atoms with Crippen molar-refractivity contribution in [3.05, 3.63) is 187 Å². The van der Waals surface area contributed by atoms with Gasteiger partial charge in [-0.3, -0.25) is 0 Å². The second kappa shape index (κ2) is 10.4. The molecule has 0 radical (unpaired) electrons. The van der Waals surface area contributed by atoms with Crippen LogP contribution < -0.4 is 4.90 Å². The molecule has 8 aromatic rings. The summed E-state index contributed by atoms with van der Waals surface area (Å²) in [5.41, 5.74) is 13.7. The van der Waals surface area contributed by atoms with Crippen LogP contribution >= 0.6 is 0 Å². The normalized spacial score (nSPS) is 15.2. The smallest absolute Gasteiger partial charge is 0.135 e. The van der Waals surface area contributed by atoms with Crippen molar-refractivity contribution in [1.82, 2.24) is 0 Å². The van der Waals surface area contributed by atoms with E-state index in [1.807, 2.05) is 12.1 Å². The van der Waals surface area contributed by atoms with E-state index in [4.69, 9.17) is 4.42 Å². The zero-order valence-electron chi connectivity index (χ0n) is 25.5. The molecule has 1 atom stereocenters. The number of rotatable bonds is 5. The van der Waals surface area contributed by atoms with Gasteiger partial charge in [0.2, 0.25) is 0 Å². The van der Waals surface area contributed by atoms with Crippen molar-refractivity contribution in [2.75, 3.05) is 4.90 Å². The van der Waals surface area contributed by atoms with Crippen molar-refractivity contribution >= 4 is 39.0 Å². The van der Waals surface area contributed by atoms with E-state index in [0.29, 0.717) is 0 Å². The summed E-state index contributed by atoms with van der Waals surface area (Å²) in [6.45, 7) is 2.38. The molecule has 0 N–H and O–H groups in total. The highest BCUT2D eigenvalue weighted by molar-refractivity contribution is 6.07. The lowest BCUT2D eigenvalue weighted by Crippen LogP contribution is -2.22.